The van der Waals surface area contributed by atoms with Gasteiger partial charge < -0.3 is 41.7 Å². The van der Waals surface area contributed by atoms with Crippen molar-refractivity contribution in [1.82, 2.24) is 0 Å². The number of aromatic hydroxyl groups is 4. The van der Waals surface area contributed by atoms with Gasteiger partial charge in [-0.05, 0) is 182 Å². The molecule has 8 aromatic rings. The summed E-state index contributed by atoms with van der Waals surface area (Å²) in [6.07, 6.45) is 2.93. The number of hydrogen-bond acceptors (Lipinski definition) is 8. The predicted molar refractivity (Wildman–Crippen MR) is 317 cm³/mol. The fourth-order valence-corrected chi connectivity index (χ4v) is 12.6. The van der Waals surface area contributed by atoms with Crippen molar-refractivity contribution in [3.05, 3.63) is 227 Å². The van der Waals surface area contributed by atoms with Crippen molar-refractivity contribution >= 4 is 137 Å². The van der Waals surface area contributed by atoms with Crippen molar-refractivity contribution in [3.63, 3.8) is 0 Å². The minimum absolute atomic E-state index is 0.0313. The average molecular weight is 1390 g/mol. The molecule has 4 unspecified atom stereocenters. The molecule has 4 heterocycles. The van der Waals surface area contributed by atoms with Gasteiger partial charge in [-0.15, -0.1) is 0 Å². The SMILES string of the molecule is Cc1cc(Br)cc(O)c1C1Cc2cc(Cl)ccc2N1.Oc1cc(Br)cc(F)c1C1Cc2cc(Br)ccc2N1.Oc1cc(Br)cc(F)c1C1Cc2cc(Cl)ccc2N1.Oc1cc(Br)ccc1C1Cc2cc(Cl)ccc2N1. The summed E-state index contributed by atoms with van der Waals surface area (Å²) >= 11 is 34.4. The Morgan fingerprint density at radius 1 is 0.387 bits per heavy atom. The maximum absolute atomic E-state index is 14.0. The van der Waals surface area contributed by atoms with E-state index in [0.29, 0.717) is 43.9 Å². The van der Waals surface area contributed by atoms with Gasteiger partial charge in [0.2, 0.25) is 0 Å². The largest absolute Gasteiger partial charge is 0.508 e. The lowest BCUT2D eigenvalue weighted by Gasteiger charge is -2.16. The van der Waals surface area contributed by atoms with Crippen LogP contribution in [0.15, 0.2) is 150 Å². The highest BCUT2D eigenvalue weighted by atomic mass is 79.9. The first-order valence-corrected chi connectivity index (χ1v) is 28.4. The summed E-state index contributed by atoms with van der Waals surface area (Å²) < 4.78 is 31.9. The summed E-state index contributed by atoms with van der Waals surface area (Å²) in [4.78, 5) is 0. The number of benzene rings is 8. The molecule has 0 bridgehead atoms. The molecule has 8 N–H and O–H groups in total. The first kappa shape index (κ1) is 55.1. The Bertz CT molecular complexity index is 3160. The van der Waals surface area contributed by atoms with Crippen LogP contribution >= 0.6 is 114 Å². The molecule has 0 aromatic heterocycles. The highest BCUT2D eigenvalue weighted by Gasteiger charge is 2.30. The monoisotopic (exact) mass is 1390 g/mol. The third-order valence-electron chi connectivity index (χ3n) is 13.2. The average Bonchev–Trinajstić information content (AvgIpc) is 4.13. The molecular weight excluding hydrogens is 1350 g/mol. The number of hydrogen-bond donors (Lipinski definition) is 8. The molecule has 8 nitrogen and oxygen atoms in total. The minimum atomic E-state index is -0.428. The summed E-state index contributed by atoms with van der Waals surface area (Å²) in [5.41, 5.74) is 12.2. The van der Waals surface area contributed by atoms with Gasteiger partial charge in [-0.3, -0.25) is 0 Å². The fourth-order valence-electron chi connectivity index (χ4n) is 9.87. The molecular formula is C57H44Br5Cl3F2N4O4. The van der Waals surface area contributed by atoms with Gasteiger partial charge in [0.25, 0.3) is 0 Å². The number of rotatable bonds is 4. The van der Waals surface area contributed by atoms with Crippen molar-refractivity contribution in [2.75, 3.05) is 21.3 Å². The molecule has 0 amide bonds. The lowest BCUT2D eigenvalue weighted by atomic mass is 9.97. The van der Waals surface area contributed by atoms with Crippen LogP contribution in [-0.2, 0) is 25.7 Å². The molecule has 4 atom stereocenters. The maximum atomic E-state index is 14.0. The van der Waals surface area contributed by atoms with Gasteiger partial charge in [-0.25, -0.2) is 8.78 Å². The number of phenolic OH excluding ortho intramolecular Hbond substituents is 4. The normalized spacial score (nSPS) is 17.2. The second-order valence-electron chi connectivity index (χ2n) is 18.3. The van der Waals surface area contributed by atoms with Crippen LogP contribution in [0.3, 0.4) is 0 Å². The van der Waals surface area contributed by atoms with E-state index in [2.05, 4.69) is 101 Å². The topological polar surface area (TPSA) is 129 Å². The molecule has 18 heteroatoms. The van der Waals surface area contributed by atoms with Gasteiger partial charge in [0.1, 0.15) is 34.6 Å². The van der Waals surface area contributed by atoms with Crippen molar-refractivity contribution in [2.45, 2.75) is 56.8 Å². The van der Waals surface area contributed by atoms with E-state index in [9.17, 15) is 29.2 Å². The van der Waals surface area contributed by atoms with Crippen LogP contribution in [0.5, 0.6) is 23.0 Å². The molecule has 0 spiro atoms. The van der Waals surface area contributed by atoms with E-state index in [1.165, 1.54) is 35.4 Å². The number of anilines is 4. The van der Waals surface area contributed by atoms with E-state index in [0.717, 1.165) is 86.9 Å². The third kappa shape index (κ3) is 12.8. The van der Waals surface area contributed by atoms with Gasteiger partial charge >= 0.3 is 0 Å². The molecule has 0 fully saturated rings. The van der Waals surface area contributed by atoms with Crippen LogP contribution in [0.4, 0.5) is 31.5 Å². The Labute approximate surface area is 489 Å². The van der Waals surface area contributed by atoms with Crippen LogP contribution < -0.4 is 21.3 Å². The summed E-state index contributed by atoms with van der Waals surface area (Å²) in [6, 6.07) is 37.8. The van der Waals surface area contributed by atoms with E-state index < -0.39 is 11.6 Å². The molecule has 0 radical (unpaired) electrons. The molecule has 8 aromatic carbocycles. The summed E-state index contributed by atoms with van der Waals surface area (Å²) in [5.74, 6) is -0.289. The van der Waals surface area contributed by atoms with Crippen molar-refractivity contribution in [3.8, 4) is 23.0 Å². The number of nitrogens with one attached hydrogen (secondary N) is 4. The predicted octanol–water partition coefficient (Wildman–Crippen LogP) is 18.8. The molecule has 4 aliphatic rings. The number of fused-ring (bicyclic) bond motifs is 4. The van der Waals surface area contributed by atoms with Crippen molar-refractivity contribution in [2.24, 2.45) is 0 Å². The minimum Gasteiger partial charge on any atom is -0.508 e. The fraction of sp³-hybridized carbons (Fsp3) is 0.158. The molecule has 0 aliphatic carbocycles. The zero-order valence-electron chi connectivity index (χ0n) is 39.3. The van der Waals surface area contributed by atoms with Crippen LogP contribution in [0, 0.1) is 18.6 Å². The first-order valence-electron chi connectivity index (χ1n) is 23.3. The Morgan fingerprint density at radius 2 is 0.720 bits per heavy atom. The standard InChI is InChI=1S/C15H13BrClNO.C14H10Br2FNO.C14H10BrClFNO.C14H11BrClNO/c1-8-4-10(16)7-14(19)15(8)13-6-9-5-11(17)2-3-12(9)18-13;15-8-1-2-11-7(3-8)4-12(18-11)14-10(17)5-9(16)6-13(14)19;15-8-5-10(17)14(13(19)6-8)12-4-7-3-9(16)1-2-11(7)18-12;15-9-1-3-11(14(18)7-9)13-6-8-5-10(16)2-4-12(8)17-13/h2-5,7,13,18-19H,6H2,1H3;2*1-3,5-6,12,18-19H,4H2;1-5,7,13,17-18H,6H2. The molecule has 4 aliphatic heterocycles. The lowest BCUT2D eigenvalue weighted by molar-refractivity contribution is 0.452. The Hall–Kier alpha value is -4.71. The van der Waals surface area contributed by atoms with E-state index >= 15 is 0 Å². The van der Waals surface area contributed by atoms with Crippen LogP contribution in [-0.4, -0.2) is 20.4 Å². The van der Waals surface area contributed by atoms with E-state index in [1.54, 1.807) is 18.2 Å². The van der Waals surface area contributed by atoms with Crippen LogP contribution in [0.1, 0.15) is 74.2 Å². The number of halogens is 10. The van der Waals surface area contributed by atoms with Gasteiger partial charge in [-0.2, -0.15) is 0 Å². The first-order chi connectivity index (χ1) is 35.8. The van der Waals surface area contributed by atoms with E-state index in [-0.39, 0.29) is 41.2 Å². The summed E-state index contributed by atoms with van der Waals surface area (Å²) in [7, 11) is 0. The molecule has 0 saturated carbocycles. The van der Waals surface area contributed by atoms with Gasteiger partial charge in [-0.1, -0.05) is 121 Å². The van der Waals surface area contributed by atoms with E-state index in [4.69, 9.17) is 34.8 Å². The van der Waals surface area contributed by atoms with Gasteiger partial charge in [0, 0.05) is 71.3 Å². The highest BCUT2D eigenvalue weighted by Crippen LogP contribution is 2.45. The van der Waals surface area contributed by atoms with Crippen molar-refractivity contribution < 1.29 is 29.2 Å². The molecule has 0 saturated heterocycles. The zero-order chi connectivity index (χ0) is 53.4. The molecule has 75 heavy (non-hydrogen) atoms. The van der Waals surface area contributed by atoms with Crippen LogP contribution in [0.25, 0.3) is 0 Å². The molecule has 386 valence electrons. The number of aryl methyl sites for hydroxylation is 1. The lowest BCUT2D eigenvalue weighted by Crippen LogP contribution is -2.08. The van der Waals surface area contributed by atoms with E-state index in [1.807, 2.05) is 91.9 Å². The Kier molecular flexibility index (Phi) is 17.2. The highest BCUT2D eigenvalue weighted by molar-refractivity contribution is 9.11. The smallest absolute Gasteiger partial charge is 0.133 e. The zero-order valence-corrected chi connectivity index (χ0v) is 49.5. The number of phenols is 4. The second kappa shape index (κ2) is 23.5. The maximum Gasteiger partial charge on any atom is 0.133 e. The Morgan fingerprint density at radius 3 is 1.15 bits per heavy atom. The van der Waals surface area contributed by atoms with Gasteiger partial charge in [0.05, 0.1) is 35.3 Å². The quantitative estimate of drug-likeness (QED) is 0.0875. The van der Waals surface area contributed by atoms with Crippen LogP contribution in [0.2, 0.25) is 15.1 Å². The molecule has 12 rings (SSSR count). The summed E-state index contributed by atoms with van der Waals surface area (Å²) in [5, 5.41) is 55.5. The third-order valence-corrected chi connectivity index (χ3v) is 16.2. The second-order valence-corrected chi connectivity index (χ2v) is 24.2. The van der Waals surface area contributed by atoms with Gasteiger partial charge in [0.15, 0.2) is 0 Å². The van der Waals surface area contributed by atoms with Crippen molar-refractivity contribution in [1.29, 1.82) is 0 Å². The Balaban J connectivity index is 0.000000122. The summed E-state index contributed by atoms with van der Waals surface area (Å²) in [6.45, 7) is 2.01.